The number of carbonyl (C=O) groups excluding carboxylic acids is 1. The van der Waals surface area contributed by atoms with Gasteiger partial charge in [-0.2, -0.15) is 0 Å². The van der Waals surface area contributed by atoms with Crippen molar-refractivity contribution in [1.82, 2.24) is 5.32 Å². The van der Waals surface area contributed by atoms with E-state index in [0.29, 0.717) is 19.1 Å². The number of nitrogens with one attached hydrogen (secondary N) is 1. The van der Waals surface area contributed by atoms with Crippen molar-refractivity contribution in [2.45, 2.75) is 51.0 Å². The number of nitrogens with two attached hydrogens (primary N) is 1. The summed E-state index contributed by atoms with van der Waals surface area (Å²) in [5.41, 5.74) is 7.57. The fourth-order valence-electron chi connectivity index (χ4n) is 2.70. The van der Waals surface area contributed by atoms with Crippen molar-refractivity contribution in [3.63, 3.8) is 0 Å². The van der Waals surface area contributed by atoms with Crippen LogP contribution in [-0.4, -0.2) is 25.2 Å². The molecule has 0 saturated carbocycles. The van der Waals surface area contributed by atoms with Gasteiger partial charge in [0, 0.05) is 25.3 Å². The molecule has 1 fully saturated rings. The van der Waals surface area contributed by atoms with Crippen LogP contribution in [0.1, 0.15) is 50.5 Å². The zero-order valence-electron chi connectivity index (χ0n) is 12.8. The standard InChI is InChI=1S/C17H26N2O2/c1-13(14-5-7-15(18)8-6-14)12-17(20)19-10-9-16-4-2-3-11-21-16/h5-8,13,16H,2-4,9-12,18H2,1H3,(H,19,20). The number of carbonyl (C=O) groups is 1. The van der Waals surface area contributed by atoms with Crippen molar-refractivity contribution in [3.8, 4) is 0 Å². The van der Waals surface area contributed by atoms with Crippen LogP contribution >= 0.6 is 0 Å². The summed E-state index contributed by atoms with van der Waals surface area (Å²) in [7, 11) is 0. The lowest BCUT2D eigenvalue weighted by molar-refractivity contribution is -0.121. The van der Waals surface area contributed by atoms with E-state index in [0.717, 1.165) is 30.7 Å². The number of rotatable bonds is 6. The van der Waals surface area contributed by atoms with Gasteiger partial charge in [-0.25, -0.2) is 0 Å². The Labute approximate surface area is 127 Å². The molecule has 3 N–H and O–H groups in total. The molecule has 0 aromatic heterocycles. The number of ether oxygens (including phenoxy) is 1. The SMILES string of the molecule is CC(CC(=O)NCCC1CCCCO1)c1ccc(N)cc1. The Bertz CT molecular complexity index is 439. The van der Waals surface area contributed by atoms with E-state index in [9.17, 15) is 4.79 Å². The molecule has 0 radical (unpaired) electrons. The lowest BCUT2D eigenvalue weighted by atomic mass is 9.97. The Morgan fingerprint density at radius 3 is 2.81 bits per heavy atom. The lowest BCUT2D eigenvalue weighted by Gasteiger charge is -2.22. The van der Waals surface area contributed by atoms with Gasteiger partial charge in [0.2, 0.25) is 5.91 Å². The Hall–Kier alpha value is -1.55. The number of nitrogen functional groups attached to an aromatic ring is 1. The second-order valence-corrected chi connectivity index (χ2v) is 5.90. The summed E-state index contributed by atoms with van der Waals surface area (Å²) in [6.45, 7) is 3.64. The van der Waals surface area contributed by atoms with E-state index in [2.05, 4.69) is 12.2 Å². The molecule has 1 aliphatic rings. The second-order valence-electron chi connectivity index (χ2n) is 5.90. The molecule has 4 heteroatoms. The maximum atomic E-state index is 12.0. The van der Waals surface area contributed by atoms with Crippen molar-refractivity contribution >= 4 is 11.6 Å². The van der Waals surface area contributed by atoms with Crippen molar-refractivity contribution in [2.75, 3.05) is 18.9 Å². The largest absolute Gasteiger partial charge is 0.399 e. The van der Waals surface area contributed by atoms with Crippen molar-refractivity contribution < 1.29 is 9.53 Å². The number of hydrogen-bond donors (Lipinski definition) is 2. The molecule has 1 aromatic rings. The summed E-state index contributed by atoms with van der Waals surface area (Å²) in [5.74, 6) is 0.312. The van der Waals surface area contributed by atoms with Crippen LogP contribution in [0.4, 0.5) is 5.69 Å². The maximum Gasteiger partial charge on any atom is 0.220 e. The molecule has 1 aliphatic heterocycles. The first-order valence-electron chi connectivity index (χ1n) is 7.89. The fourth-order valence-corrected chi connectivity index (χ4v) is 2.70. The van der Waals surface area contributed by atoms with E-state index in [-0.39, 0.29) is 11.8 Å². The normalized spacial score (nSPS) is 20.0. The number of anilines is 1. The molecule has 116 valence electrons. The molecule has 0 aliphatic carbocycles. The van der Waals surface area contributed by atoms with Gasteiger partial charge in [-0.05, 0) is 49.3 Å². The van der Waals surface area contributed by atoms with E-state index < -0.39 is 0 Å². The van der Waals surface area contributed by atoms with E-state index in [1.54, 1.807) is 0 Å². The molecular formula is C17H26N2O2. The number of hydrogen-bond acceptors (Lipinski definition) is 3. The van der Waals surface area contributed by atoms with Gasteiger partial charge < -0.3 is 15.8 Å². The Morgan fingerprint density at radius 1 is 1.38 bits per heavy atom. The van der Waals surface area contributed by atoms with Crippen LogP contribution < -0.4 is 11.1 Å². The van der Waals surface area contributed by atoms with Crippen LogP contribution in [0.25, 0.3) is 0 Å². The number of amides is 1. The summed E-state index contributed by atoms with van der Waals surface area (Å²) in [4.78, 5) is 12.0. The van der Waals surface area contributed by atoms with Crippen LogP contribution in [0.5, 0.6) is 0 Å². The summed E-state index contributed by atoms with van der Waals surface area (Å²) in [5, 5.41) is 3.00. The molecule has 4 nitrogen and oxygen atoms in total. The molecular weight excluding hydrogens is 264 g/mol. The quantitative estimate of drug-likeness (QED) is 0.792. The van der Waals surface area contributed by atoms with E-state index >= 15 is 0 Å². The topological polar surface area (TPSA) is 64.3 Å². The smallest absolute Gasteiger partial charge is 0.220 e. The van der Waals surface area contributed by atoms with Crippen LogP contribution in [0.3, 0.4) is 0 Å². The van der Waals surface area contributed by atoms with Crippen LogP contribution in [-0.2, 0) is 9.53 Å². The average Bonchev–Trinajstić information content (AvgIpc) is 2.49. The molecule has 1 aromatic carbocycles. The molecule has 2 rings (SSSR count). The third-order valence-electron chi connectivity index (χ3n) is 4.06. The molecule has 2 unspecified atom stereocenters. The Morgan fingerprint density at radius 2 is 2.14 bits per heavy atom. The molecule has 2 atom stereocenters. The maximum absolute atomic E-state index is 12.0. The molecule has 1 heterocycles. The highest BCUT2D eigenvalue weighted by atomic mass is 16.5. The third kappa shape index (κ3) is 5.38. The highest BCUT2D eigenvalue weighted by Gasteiger charge is 2.15. The zero-order chi connectivity index (χ0) is 15.1. The summed E-state index contributed by atoms with van der Waals surface area (Å²) in [6.07, 6.45) is 5.29. The molecule has 1 saturated heterocycles. The minimum atomic E-state index is 0.107. The highest BCUT2D eigenvalue weighted by molar-refractivity contribution is 5.76. The fraction of sp³-hybridized carbons (Fsp3) is 0.588. The van der Waals surface area contributed by atoms with Gasteiger partial charge in [0.1, 0.15) is 0 Å². The Balaban J connectivity index is 1.67. The van der Waals surface area contributed by atoms with Gasteiger partial charge >= 0.3 is 0 Å². The van der Waals surface area contributed by atoms with Crippen molar-refractivity contribution in [2.24, 2.45) is 0 Å². The highest BCUT2D eigenvalue weighted by Crippen LogP contribution is 2.20. The monoisotopic (exact) mass is 290 g/mol. The van der Waals surface area contributed by atoms with E-state index in [1.165, 1.54) is 12.8 Å². The van der Waals surface area contributed by atoms with Gasteiger partial charge in [0.25, 0.3) is 0 Å². The predicted octanol–water partition coefficient (Wildman–Crippen LogP) is 2.84. The summed E-state index contributed by atoms with van der Waals surface area (Å²) >= 11 is 0. The van der Waals surface area contributed by atoms with Crippen molar-refractivity contribution in [1.29, 1.82) is 0 Å². The van der Waals surface area contributed by atoms with Gasteiger partial charge in [0.15, 0.2) is 0 Å². The first-order chi connectivity index (χ1) is 10.1. The van der Waals surface area contributed by atoms with Crippen molar-refractivity contribution in [3.05, 3.63) is 29.8 Å². The van der Waals surface area contributed by atoms with Gasteiger partial charge in [-0.1, -0.05) is 19.1 Å². The first kappa shape index (κ1) is 15.8. The van der Waals surface area contributed by atoms with E-state index in [4.69, 9.17) is 10.5 Å². The minimum Gasteiger partial charge on any atom is -0.399 e. The summed E-state index contributed by atoms with van der Waals surface area (Å²) < 4.78 is 5.66. The molecule has 1 amide bonds. The minimum absolute atomic E-state index is 0.107. The Kier molecular flexibility index (Phi) is 6.05. The van der Waals surface area contributed by atoms with Gasteiger partial charge in [-0.15, -0.1) is 0 Å². The molecule has 0 bridgehead atoms. The van der Waals surface area contributed by atoms with E-state index in [1.807, 2.05) is 24.3 Å². The average molecular weight is 290 g/mol. The third-order valence-corrected chi connectivity index (χ3v) is 4.06. The van der Waals surface area contributed by atoms with Gasteiger partial charge in [0.05, 0.1) is 6.10 Å². The predicted molar refractivity (Wildman–Crippen MR) is 85.1 cm³/mol. The van der Waals surface area contributed by atoms with Crippen LogP contribution in [0, 0.1) is 0 Å². The number of benzene rings is 1. The first-order valence-corrected chi connectivity index (χ1v) is 7.89. The van der Waals surface area contributed by atoms with Crippen LogP contribution in [0.15, 0.2) is 24.3 Å². The molecule has 0 spiro atoms. The zero-order valence-corrected chi connectivity index (χ0v) is 12.8. The lowest BCUT2D eigenvalue weighted by Crippen LogP contribution is -2.30. The summed E-state index contributed by atoms with van der Waals surface area (Å²) in [6, 6.07) is 7.74. The second kappa shape index (κ2) is 8.03. The molecule has 21 heavy (non-hydrogen) atoms. The van der Waals surface area contributed by atoms with Gasteiger partial charge in [-0.3, -0.25) is 4.79 Å². The van der Waals surface area contributed by atoms with Crippen LogP contribution in [0.2, 0.25) is 0 Å².